The smallest absolute Gasteiger partial charge is 0.187 e. The Kier molecular flexibility index (Phi) is 20.1. The van der Waals surface area contributed by atoms with E-state index in [1.165, 1.54) is 24.3 Å². The molecule has 1 aromatic rings. The molecule has 6 aliphatic heterocycles. The average molecular weight is 1120 g/mol. The largest absolute Gasteiger partial charge is 0.394 e. The lowest BCUT2D eigenvalue weighted by Gasteiger charge is -2.58. The molecule has 0 saturated carbocycles. The molecule has 30 atom stereocenters. The second-order valence-corrected chi connectivity index (χ2v) is 21.1. The van der Waals surface area contributed by atoms with E-state index in [0.717, 1.165) is 0 Å². The Hall–Kier alpha value is -1.28. The third-order valence-electron chi connectivity index (χ3n) is 14.4. The highest BCUT2D eigenvalue weighted by molar-refractivity contribution is 8.00. The topological polar surface area (TPSA) is 519 Å². The first-order valence-corrected chi connectivity index (χ1v) is 25.0. The number of aliphatic hydroxyl groups excluding tert-OH is 22. The third-order valence-corrected chi connectivity index (χ3v) is 16.7. The number of hydrogen-bond acceptors (Lipinski definition) is 32. The Bertz CT molecular complexity index is 1810. The molecular formula is C42H66O30S2. The van der Waals surface area contributed by atoms with E-state index in [1.54, 1.807) is 0 Å². The molecule has 0 amide bonds. The molecule has 6 heterocycles. The van der Waals surface area contributed by atoms with Gasteiger partial charge in [-0.15, -0.1) is 0 Å². The van der Waals surface area contributed by atoms with E-state index in [9.17, 15) is 112 Å². The fraction of sp³-hybridized carbons (Fsp3) is 0.857. The van der Waals surface area contributed by atoms with Crippen molar-refractivity contribution in [2.75, 3.05) is 39.6 Å². The van der Waals surface area contributed by atoms with Gasteiger partial charge in [0.2, 0.25) is 0 Å². The maximum Gasteiger partial charge on any atom is 0.187 e. The van der Waals surface area contributed by atoms with Crippen molar-refractivity contribution < 1.29 is 150 Å². The first kappa shape index (κ1) is 60.4. The lowest BCUT2D eigenvalue weighted by Crippen LogP contribution is -2.79. The van der Waals surface area contributed by atoms with Gasteiger partial charge in [0.15, 0.2) is 23.8 Å². The molecule has 32 heteroatoms. The van der Waals surface area contributed by atoms with E-state index in [-0.39, 0.29) is 9.79 Å². The van der Waals surface area contributed by atoms with Gasteiger partial charge in [-0.3, -0.25) is 0 Å². The summed E-state index contributed by atoms with van der Waals surface area (Å²) in [6.45, 7) is -6.30. The molecular weight excluding hydrogens is 1050 g/mol. The molecule has 426 valence electrons. The highest BCUT2D eigenvalue weighted by Crippen LogP contribution is 2.49. The van der Waals surface area contributed by atoms with Gasteiger partial charge in [0.1, 0.15) is 157 Å². The second kappa shape index (κ2) is 24.6. The van der Waals surface area contributed by atoms with Gasteiger partial charge in [0.25, 0.3) is 0 Å². The standard InChI is InChI=1S/C42H66O30S2/c43-5-13-19(49)23(53)27(57)35(65-13)41(71-37-29(59)25(55)21(51)15(7-45)67-37)17(9-47)69-39(31(61)33(41)63)73-11-2-1-3-12(4-11)74-40-32(62)34(64)42(18(10-48)70-40,36-28(58)24(54)20(50)14(6-44)66-36)72-38-30(60)26(56)22(52)16(8-46)68-38/h1-4,13-40,43-64H,5-10H2/t13-,14-,15-,16-,17-,18-,19-,20-,21-,22-,23+,24+,25+,26+,27-,28-,29-,30-,31-,32-,33-,34-,35-,36-,37+,38+,39+,40+,41-,42-/m1/s1. The fourth-order valence-corrected chi connectivity index (χ4v) is 12.4. The minimum atomic E-state index is -2.87. The summed E-state index contributed by atoms with van der Waals surface area (Å²) in [5, 5.41) is 239. The lowest BCUT2D eigenvalue weighted by atomic mass is 9.74. The summed E-state index contributed by atoms with van der Waals surface area (Å²) in [5.41, 5.74) is -9.01. The van der Waals surface area contributed by atoms with Gasteiger partial charge in [0, 0.05) is 9.79 Å². The number of hydrogen-bond donors (Lipinski definition) is 22. The van der Waals surface area contributed by atoms with Crippen LogP contribution in [0.1, 0.15) is 0 Å². The first-order chi connectivity index (χ1) is 35.0. The lowest BCUT2D eigenvalue weighted by molar-refractivity contribution is -0.402. The van der Waals surface area contributed by atoms with Gasteiger partial charge in [-0.05, 0) is 18.2 Å². The summed E-state index contributed by atoms with van der Waals surface area (Å²) in [6.07, 6.45) is -53.8. The van der Waals surface area contributed by atoms with Crippen LogP contribution in [0.25, 0.3) is 0 Å². The van der Waals surface area contributed by atoms with E-state index in [0.29, 0.717) is 23.5 Å². The summed E-state index contributed by atoms with van der Waals surface area (Å²) in [5.74, 6) is 0. The van der Waals surface area contributed by atoms with Crippen LogP contribution in [-0.2, 0) is 37.9 Å². The van der Waals surface area contributed by atoms with E-state index < -0.39 is 221 Å². The molecule has 0 unspecified atom stereocenters. The maximum absolute atomic E-state index is 12.1. The molecule has 0 aromatic heterocycles. The number of benzene rings is 1. The normalized spacial score (nSPS) is 51.4. The molecule has 6 fully saturated rings. The van der Waals surface area contributed by atoms with Crippen LogP contribution >= 0.6 is 23.5 Å². The van der Waals surface area contributed by atoms with Crippen LogP contribution in [0.15, 0.2) is 34.1 Å². The number of ether oxygens (including phenoxy) is 8. The predicted octanol–water partition coefficient (Wildman–Crippen LogP) is -12.5. The van der Waals surface area contributed by atoms with Crippen molar-refractivity contribution in [3.05, 3.63) is 24.3 Å². The zero-order valence-electron chi connectivity index (χ0n) is 38.6. The minimum Gasteiger partial charge on any atom is -0.394 e. The highest BCUT2D eigenvalue weighted by Gasteiger charge is 2.69. The van der Waals surface area contributed by atoms with Crippen molar-refractivity contribution in [2.24, 2.45) is 0 Å². The van der Waals surface area contributed by atoms with Gasteiger partial charge in [-0.1, -0.05) is 29.6 Å². The van der Waals surface area contributed by atoms with Crippen LogP contribution in [0, 0.1) is 0 Å². The van der Waals surface area contributed by atoms with Crippen molar-refractivity contribution in [2.45, 2.75) is 191 Å². The third kappa shape index (κ3) is 10.8. The molecule has 0 radical (unpaired) electrons. The monoisotopic (exact) mass is 1110 g/mol. The molecule has 0 bridgehead atoms. The molecule has 1 aromatic carbocycles. The number of rotatable bonds is 16. The molecule has 0 aliphatic carbocycles. The number of aliphatic hydroxyl groups is 22. The summed E-state index contributed by atoms with van der Waals surface area (Å²) < 4.78 is 46.7. The molecule has 22 N–H and O–H groups in total. The zero-order chi connectivity index (χ0) is 54.5. The van der Waals surface area contributed by atoms with Crippen molar-refractivity contribution in [3.8, 4) is 0 Å². The van der Waals surface area contributed by atoms with Crippen molar-refractivity contribution in [3.63, 3.8) is 0 Å². The van der Waals surface area contributed by atoms with E-state index in [4.69, 9.17) is 37.9 Å². The van der Waals surface area contributed by atoms with Gasteiger partial charge in [0.05, 0.1) is 39.6 Å². The predicted molar refractivity (Wildman–Crippen MR) is 236 cm³/mol. The van der Waals surface area contributed by atoms with Crippen molar-refractivity contribution in [1.82, 2.24) is 0 Å². The van der Waals surface area contributed by atoms with E-state index >= 15 is 0 Å². The zero-order valence-corrected chi connectivity index (χ0v) is 40.3. The second-order valence-electron chi connectivity index (χ2n) is 18.8. The Morgan fingerprint density at radius 1 is 0.365 bits per heavy atom. The Morgan fingerprint density at radius 3 is 0.986 bits per heavy atom. The molecule has 30 nitrogen and oxygen atoms in total. The molecule has 6 aliphatic rings. The van der Waals surface area contributed by atoms with Crippen molar-refractivity contribution in [1.29, 1.82) is 0 Å². The SMILES string of the molecule is OC[C@H]1O[C@@H]([C@]2(O[C@@H]3O[C@H](CO)[C@@H](O)[C@H](O)[C@H]3O)[C@H](O)[C@@H](O)[C@H](Sc3cccc(S[C@@H]4O[C@H](CO)[C@](O[C@@H]5O[C@H](CO)[C@@H](O)[C@H](O)[C@H]5O)([C@@H]5O[C@H](CO)[C@@H](O)[C@H](O)[C@H]5O)[C@H](O)[C@H]4O)c3)O[C@@H]2CO)[C@H](O)[C@@H](O)[C@@H]1O. The van der Waals surface area contributed by atoms with Gasteiger partial charge >= 0.3 is 0 Å². The minimum absolute atomic E-state index is 0.185. The van der Waals surface area contributed by atoms with Crippen molar-refractivity contribution >= 4 is 23.5 Å². The average Bonchev–Trinajstić information content (AvgIpc) is 3.39. The molecule has 74 heavy (non-hydrogen) atoms. The molecule has 0 spiro atoms. The van der Waals surface area contributed by atoms with Gasteiger partial charge in [-0.2, -0.15) is 0 Å². The van der Waals surface area contributed by atoms with Gasteiger partial charge < -0.3 is 150 Å². The molecule has 6 saturated heterocycles. The van der Waals surface area contributed by atoms with Crippen LogP contribution in [0.5, 0.6) is 0 Å². The summed E-state index contributed by atoms with van der Waals surface area (Å²) in [6, 6.07) is 5.75. The summed E-state index contributed by atoms with van der Waals surface area (Å²) in [4.78, 5) is 0.369. The van der Waals surface area contributed by atoms with E-state index in [1.807, 2.05) is 0 Å². The number of thioether (sulfide) groups is 2. The van der Waals surface area contributed by atoms with Crippen LogP contribution in [0.2, 0.25) is 0 Å². The first-order valence-electron chi connectivity index (χ1n) is 23.3. The molecule has 7 rings (SSSR count). The highest BCUT2D eigenvalue weighted by atomic mass is 32.2. The fourth-order valence-electron chi connectivity index (χ4n) is 10.2. The quantitative estimate of drug-likeness (QED) is 0.0731. The van der Waals surface area contributed by atoms with Crippen LogP contribution in [0.4, 0.5) is 0 Å². The summed E-state index contributed by atoms with van der Waals surface area (Å²) >= 11 is 1.36. The Morgan fingerprint density at radius 2 is 0.676 bits per heavy atom. The summed E-state index contributed by atoms with van der Waals surface area (Å²) in [7, 11) is 0. The van der Waals surface area contributed by atoms with Crippen LogP contribution < -0.4 is 0 Å². The van der Waals surface area contributed by atoms with Crippen LogP contribution in [-0.4, -0.2) is 333 Å². The Labute approximate surface area is 427 Å². The van der Waals surface area contributed by atoms with E-state index in [2.05, 4.69) is 0 Å². The van der Waals surface area contributed by atoms with Gasteiger partial charge in [-0.25, -0.2) is 0 Å². The van der Waals surface area contributed by atoms with Crippen LogP contribution in [0.3, 0.4) is 0 Å². The maximum atomic E-state index is 12.1. The Balaban J connectivity index is 1.16.